The van der Waals surface area contributed by atoms with Gasteiger partial charge in [-0.2, -0.15) is 5.10 Å². The number of hydrogen-bond acceptors (Lipinski definition) is 2. The molecule has 3 nitrogen and oxygen atoms in total. The lowest BCUT2D eigenvalue weighted by atomic mass is 10.1. The van der Waals surface area contributed by atoms with Crippen molar-refractivity contribution in [1.82, 2.24) is 14.8 Å². The third kappa shape index (κ3) is 1.95. The molecule has 1 N–H and O–H groups in total. The first-order valence-corrected chi connectivity index (χ1v) is 6.87. The predicted octanol–water partition coefficient (Wildman–Crippen LogP) is 3.57. The Kier molecular flexibility index (Phi) is 2.62. The van der Waals surface area contributed by atoms with E-state index in [1.165, 1.54) is 44.3 Å². The van der Waals surface area contributed by atoms with Crippen molar-refractivity contribution >= 4 is 12.2 Å². The van der Waals surface area contributed by atoms with Crippen LogP contribution >= 0.6 is 12.2 Å². The zero-order valence-electron chi connectivity index (χ0n) is 9.78. The maximum absolute atomic E-state index is 5.38. The van der Waals surface area contributed by atoms with E-state index in [2.05, 4.69) is 21.7 Å². The fourth-order valence-electron chi connectivity index (χ4n) is 2.49. The van der Waals surface area contributed by atoms with Crippen molar-refractivity contribution in [3.8, 4) is 0 Å². The van der Waals surface area contributed by atoms with E-state index < -0.39 is 0 Å². The van der Waals surface area contributed by atoms with Crippen molar-refractivity contribution in [3.05, 3.63) is 10.6 Å². The molecular weight excluding hydrogens is 218 g/mol. The Hall–Kier alpha value is -0.640. The molecule has 0 amide bonds. The minimum absolute atomic E-state index is 0.578. The second-order valence-electron chi connectivity index (χ2n) is 5.27. The number of nitrogens with one attached hydrogen (secondary N) is 1. The Morgan fingerprint density at radius 1 is 1.44 bits per heavy atom. The molecule has 0 spiro atoms. The molecule has 1 aromatic heterocycles. The molecule has 0 radical (unpaired) electrons. The summed E-state index contributed by atoms with van der Waals surface area (Å²) in [5, 5.41) is 7.40. The van der Waals surface area contributed by atoms with Gasteiger partial charge >= 0.3 is 0 Å². The van der Waals surface area contributed by atoms with Gasteiger partial charge in [0.05, 0.1) is 0 Å². The Bertz CT molecular complexity index is 426. The van der Waals surface area contributed by atoms with Gasteiger partial charge in [-0.15, -0.1) is 0 Å². The van der Waals surface area contributed by atoms with Gasteiger partial charge < -0.3 is 4.57 Å². The topological polar surface area (TPSA) is 33.6 Å². The van der Waals surface area contributed by atoms with E-state index in [4.69, 9.17) is 12.2 Å². The van der Waals surface area contributed by atoms with Gasteiger partial charge in [0.15, 0.2) is 4.77 Å². The summed E-state index contributed by atoms with van der Waals surface area (Å²) in [7, 11) is 0. The molecule has 1 unspecified atom stereocenters. The molecule has 16 heavy (non-hydrogen) atoms. The highest BCUT2D eigenvalue weighted by Gasteiger charge is 2.32. The SMILES string of the molecule is CCC(CC1CC1)n1c(C2CC2)n[nH]c1=S. The normalized spacial score (nSPS) is 22.3. The second kappa shape index (κ2) is 3.99. The maximum Gasteiger partial charge on any atom is 0.195 e. The summed E-state index contributed by atoms with van der Waals surface area (Å²) < 4.78 is 3.14. The average molecular weight is 237 g/mol. The molecule has 1 atom stereocenters. The summed E-state index contributed by atoms with van der Waals surface area (Å²) in [4.78, 5) is 0. The van der Waals surface area contributed by atoms with Crippen LogP contribution in [0.1, 0.15) is 63.2 Å². The van der Waals surface area contributed by atoms with Gasteiger partial charge in [-0.25, -0.2) is 0 Å². The standard InChI is InChI=1S/C12H19N3S/c1-2-10(7-8-3-4-8)15-11(9-5-6-9)13-14-12(15)16/h8-10H,2-7H2,1H3,(H,14,16). The smallest absolute Gasteiger partial charge is 0.195 e. The highest BCUT2D eigenvalue weighted by Crippen LogP contribution is 2.43. The average Bonchev–Trinajstić information content (AvgIpc) is 3.17. The summed E-state index contributed by atoms with van der Waals surface area (Å²) in [6.45, 7) is 2.26. The molecule has 2 aliphatic rings. The van der Waals surface area contributed by atoms with Crippen molar-refractivity contribution in [1.29, 1.82) is 0 Å². The van der Waals surface area contributed by atoms with Crippen LogP contribution < -0.4 is 0 Å². The highest BCUT2D eigenvalue weighted by molar-refractivity contribution is 7.71. The van der Waals surface area contributed by atoms with Crippen molar-refractivity contribution < 1.29 is 0 Å². The van der Waals surface area contributed by atoms with Gasteiger partial charge in [-0.3, -0.25) is 5.10 Å². The highest BCUT2D eigenvalue weighted by atomic mass is 32.1. The Labute approximate surface area is 101 Å². The first-order valence-electron chi connectivity index (χ1n) is 6.46. The zero-order valence-corrected chi connectivity index (χ0v) is 10.6. The van der Waals surface area contributed by atoms with E-state index in [0.29, 0.717) is 12.0 Å². The largest absolute Gasteiger partial charge is 0.301 e. The molecule has 0 aliphatic heterocycles. The Balaban J connectivity index is 1.88. The summed E-state index contributed by atoms with van der Waals surface area (Å²) in [5.74, 6) is 2.85. The molecule has 1 aromatic rings. The van der Waals surface area contributed by atoms with Gasteiger partial charge in [-0.05, 0) is 43.8 Å². The summed E-state index contributed by atoms with van der Waals surface area (Å²) in [6.07, 6.45) is 7.88. The predicted molar refractivity (Wildman–Crippen MR) is 66.1 cm³/mol. The molecule has 3 rings (SSSR count). The van der Waals surface area contributed by atoms with Crippen molar-refractivity contribution in [2.45, 2.75) is 57.4 Å². The van der Waals surface area contributed by atoms with Gasteiger partial charge in [0.25, 0.3) is 0 Å². The summed E-state index contributed by atoms with van der Waals surface area (Å²) in [5.41, 5.74) is 0. The van der Waals surface area contributed by atoms with Crippen molar-refractivity contribution in [2.24, 2.45) is 5.92 Å². The number of nitrogens with zero attached hydrogens (tertiary/aromatic N) is 2. The van der Waals surface area contributed by atoms with E-state index >= 15 is 0 Å². The molecule has 2 saturated carbocycles. The monoisotopic (exact) mass is 237 g/mol. The van der Waals surface area contributed by atoms with Crippen LogP contribution in [0.3, 0.4) is 0 Å². The van der Waals surface area contributed by atoms with Crippen molar-refractivity contribution in [2.75, 3.05) is 0 Å². The molecule has 2 fully saturated rings. The number of hydrogen-bond donors (Lipinski definition) is 1. The van der Waals surface area contributed by atoms with Crippen LogP contribution in [0.2, 0.25) is 0 Å². The Morgan fingerprint density at radius 2 is 2.19 bits per heavy atom. The number of rotatable bonds is 5. The molecular formula is C12H19N3S. The molecule has 1 heterocycles. The van der Waals surface area contributed by atoms with E-state index in [9.17, 15) is 0 Å². The molecule has 4 heteroatoms. The van der Waals surface area contributed by atoms with Gasteiger partial charge in [-0.1, -0.05) is 19.8 Å². The van der Waals surface area contributed by atoms with Crippen LogP contribution in [0.25, 0.3) is 0 Å². The molecule has 0 aromatic carbocycles. The fraction of sp³-hybridized carbons (Fsp3) is 0.833. The van der Waals surface area contributed by atoms with Crippen LogP contribution in [0, 0.1) is 10.7 Å². The van der Waals surface area contributed by atoms with E-state index in [0.717, 1.165) is 10.7 Å². The van der Waals surface area contributed by atoms with Gasteiger partial charge in [0, 0.05) is 12.0 Å². The van der Waals surface area contributed by atoms with E-state index in [-0.39, 0.29) is 0 Å². The van der Waals surface area contributed by atoms with Crippen LogP contribution in [-0.4, -0.2) is 14.8 Å². The van der Waals surface area contributed by atoms with Crippen LogP contribution in [0.4, 0.5) is 0 Å². The minimum atomic E-state index is 0.578. The lowest BCUT2D eigenvalue weighted by molar-refractivity contribution is 0.412. The van der Waals surface area contributed by atoms with E-state index in [1.54, 1.807) is 0 Å². The molecule has 2 aliphatic carbocycles. The second-order valence-corrected chi connectivity index (χ2v) is 5.66. The van der Waals surface area contributed by atoms with Gasteiger partial charge in [0.2, 0.25) is 0 Å². The number of aromatic amines is 1. The third-order valence-electron chi connectivity index (χ3n) is 3.81. The Morgan fingerprint density at radius 3 is 2.75 bits per heavy atom. The van der Waals surface area contributed by atoms with Crippen LogP contribution in [0.15, 0.2) is 0 Å². The maximum atomic E-state index is 5.38. The molecule has 0 saturated heterocycles. The first kappa shape index (κ1) is 10.5. The van der Waals surface area contributed by atoms with Crippen LogP contribution in [-0.2, 0) is 0 Å². The lowest BCUT2D eigenvalue weighted by Crippen LogP contribution is -2.12. The number of aromatic nitrogens is 3. The molecule has 0 bridgehead atoms. The fourth-order valence-corrected chi connectivity index (χ4v) is 2.78. The zero-order chi connectivity index (χ0) is 11.1. The van der Waals surface area contributed by atoms with Gasteiger partial charge in [0.1, 0.15) is 5.82 Å². The molecule has 88 valence electrons. The minimum Gasteiger partial charge on any atom is -0.301 e. The summed E-state index contributed by atoms with van der Waals surface area (Å²) >= 11 is 5.38. The third-order valence-corrected chi connectivity index (χ3v) is 4.10. The van der Waals surface area contributed by atoms with Crippen molar-refractivity contribution in [3.63, 3.8) is 0 Å². The number of H-pyrrole nitrogens is 1. The summed E-state index contributed by atoms with van der Waals surface area (Å²) in [6, 6.07) is 0.578. The lowest BCUT2D eigenvalue weighted by Gasteiger charge is -2.18. The first-order chi connectivity index (χ1) is 7.79. The van der Waals surface area contributed by atoms with E-state index in [1.807, 2.05) is 0 Å². The van der Waals surface area contributed by atoms with Crippen LogP contribution in [0.5, 0.6) is 0 Å². The quantitative estimate of drug-likeness (QED) is 0.794.